The first-order valence-electron chi connectivity index (χ1n) is 1.44. The molecule has 1 aromatic rings. The number of nitrogens with zero attached hydrogens (tertiary/aromatic N) is 1. The Bertz CT molecular complexity index is 116. The molecule has 1 nitrogen and oxygen atoms in total. The Morgan fingerprint density at radius 3 is 2.57 bits per heavy atom. The van der Waals surface area contributed by atoms with Gasteiger partial charge in [0.15, 0.2) is 3.92 Å². The molecule has 4 heteroatoms. The molecule has 0 spiro atoms. The van der Waals surface area contributed by atoms with Gasteiger partial charge in [0.25, 0.3) is 0 Å². The van der Waals surface area contributed by atoms with Crippen LogP contribution in [-0.4, -0.2) is 4.98 Å². The molecule has 0 aromatic carbocycles. The maximum Gasteiger partial charge on any atom is 0.159 e. The summed E-state index contributed by atoms with van der Waals surface area (Å²) in [5.74, 6) is 0. The Morgan fingerprint density at radius 2 is 2.43 bits per heavy atom. The van der Waals surface area contributed by atoms with Crippen molar-refractivity contribution in [1.29, 1.82) is 0 Å². The van der Waals surface area contributed by atoms with Crippen LogP contribution in [-0.2, 0) is 0 Å². The summed E-state index contributed by atoms with van der Waals surface area (Å²) in [6, 6.07) is 0. The second-order valence-electron chi connectivity index (χ2n) is 0.785. The van der Waals surface area contributed by atoms with Crippen molar-refractivity contribution in [1.82, 2.24) is 4.98 Å². The van der Waals surface area contributed by atoms with E-state index in [1.807, 2.05) is 5.38 Å². The number of aromatic nitrogens is 1. The molecule has 40 valence electrons. The Balaban J connectivity index is 0.000000360. The fourth-order valence-corrected chi connectivity index (χ4v) is 1.00. The van der Waals surface area contributed by atoms with Crippen LogP contribution in [0.1, 0.15) is 0 Å². The van der Waals surface area contributed by atoms with Crippen LogP contribution in [0.15, 0.2) is 15.5 Å². The Labute approximate surface area is 64.7 Å². The van der Waals surface area contributed by atoms with E-state index in [9.17, 15) is 0 Å². The molecule has 0 amide bonds. The maximum absolute atomic E-state index is 3.85. The summed E-state index contributed by atoms with van der Waals surface area (Å²) in [7, 11) is 0. The average Bonchev–Trinajstić information content (AvgIpc) is 1.86. The van der Waals surface area contributed by atoms with E-state index < -0.39 is 0 Å². The number of thiazole rings is 1. The fourth-order valence-electron chi connectivity index (χ4n) is 0.206. The molecular formula is C3H3Br2NS. The molecule has 0 aliphatic carbocycles. The van der Waals surface area contributed by atoms with Crippen molar-refractivity contribution < 1.29 is 0 Å². The van der Waals surface area contributed by atoms with Crippen LogP contribution in [0.25, 0.3) is 0 Å². The van der Waals surface area contributed by atoms with E-state index in [0.717, 1.165) is 3.92 Å². The van der Waals surface area contributed by atoms with Gasteiger partial charge in [-0.25, -0.2) is 4.98 Å². The first-order chi connectivity index (χ1) is 2.89. The van der Waals surface area contributed by atoms with Gasteiger partial charge in [0, 0.05) is 11.6 Å². The minimum atomic E-state index is 0. The van der Waals surface area contributed by atoms with Crippen molar-refractivity contribution in [2.45, 2.75) is 0 Å². The van der Waals surface area contributed by atoms with Gasteiger partial charge in [0.05, 0.1) is 0 Å². The number of hydrogen-bond acceptors (Lipinski definition) is 2. The molecule has 0 N–H and O–H groups in total. The van der Waals surface area contributed by atoms with Crippen molar-refractivity contribution >= 4 is 44.2 Å². The monoisotopic (exact) mass is 243 g/mol. The van der Waals surface area contributed by atoms with Crippen LogP contribution in [0.5, 0.6) is 0 Å². The van der Waals surface area contributed by atoms with E-state index in [-0.39, 0.29) is 17.0 Å². The lowest BCUT2D eigenvalue weighted by Gasteiger charge is -1.61. The Kier molecular flexibility index (Phi) is 3.88. The summed E-state index contributed by atoms with van der Waals surface area (Å²) >= 11 is 4.77. The van der Waals surface area contributed by atoms with E-state index in [4.69, 9.17) is 0 Å². The SMILES string of the molecule is Br.Brc1nccs1. The highest BCUT2D eigenvalue weighted by Gasteiger charge is 1.79. The standard InChI is InChI=1S/C3H2BrNS.BrH/c4-3-5-1-2-6-3;/h1-2H;1H. The molecule has 0 bridgehead atoms. The van der Waals surface area contributed by atoms with Crippen molar-refractivity contribution in [2.75, 3.05) is 0 Å². The number of halogens is 2. The third-order valence-corrected chi connectivity index (χ3v) is 1.73. The molecule has 0 saturated heterocycles. The van der Waals surface area contributed by atoms with E-state index in [0.29, 0.717) is 0 Å². The van der Waals surface area contributed by atoms with Crippen LogP contribution in [0.4, 0.5) is 0 Å². The first kappa shape index (κ1) is 7.59. The van der Waals surface area contributed by atoms with E-state index in [2.05, 4.69) is 20.9 Å². The van der Waals surface area contributed by atoms with Crippen molar-refractivity contribution in [3.63, 3.8) is 0 Å². The van der Waals surface area contributed by atoms with Crippen LogP contribution >= 0.6 is 44.2 Å². The lowest BCUT2D eigenvalue weighted by molar-refractivity contribution is 1.38. The highest BCUT2D eigenvalue weighted by Crippen LogP contribution is 2.10. The van der Waals surface area contributed by atoms with Gasteiger partial charge in [0.2, 0.25) is 0 Å². The summed E-state index contributed by atoms with van der Waals surface area (Å²) in [5, 5.41) is 1.92. The van der Waals surface area contributed by atoms with Crippen LogP contribution < -0.4 is 0 Å². The lowest BCUT2D eigenvalue weighted by Crippen LogP contribution is -1.47. The molecule has 0 aliphatic rings. The quantitative estimate of drug-likeness (QED) is 0.684. The lowest BCUT2D eigenvalue weighted by atomic mass is 11.0. The van der Waals surface area contributed by atoms with Crippen molar-refractivity contribution in [3.05, 3.63) is 15.5 Å². The first-order valence-corrected chi connectivity index (χ1v) is 3.12. The molecule has 0 aliphatic heterocycles. The smallest absolute Gasteiger partial charge is 0.159 e. The van der Waals surface area contributed by atoms with Gasteiger partial charge in [-0.2, -0.15) is 0 Å². The molecule has 0 unspecified atom stereocenters. The summed E-state index contributed by atoms with van der Waals surface area (Å²) in [6.45, 7) is 0. The molecule has 0 fully saturated rings. The van der Waals surface area contributed by atoms with Gasteiger partial charge in [-0.05, 0) is 15.9 Å². The van der Waals surface area contributed by atoms with E-state index >= 15 is 0 Å². The second kappa shape index (κ2) is 3.57. The minimum Gasteiger partial charge on any atom is -0.238 e. The summed E-state index contributed by atoms with van der Waals surface area (Å²) in [5.41, 5.74) is 0. The highest BCUT2D eigenvalue weighted by molar-refractivity contribution is 9.11. The zero-order valence-corrected chi connectivity index (χ0v) is 7.41. The van der Waals surface area contributed by atoms with Gasteiger partial charge < -0.3 is 0 Å². The van der Waals surface area contributed by atoms with Crippen LogP contribution in [0.2, 0.25) is 0 Å². The van der Waals surface area contributed by atoms with Gasteiger partial charge in [0.1, 0.15) is 0 Å². The Morgan fingerprint density at radius 1 is 1.71 bits per heavy atom. The molecule has 1 rings (SSSR count). The molecule has 7 heavy (non-hydrogen) atoms. The van der Waals surface area contributed by atoms with Crippen LogP contribution in [0.3, 0.4) is 0 Å². The molecule has 1 aromatic heterocycles. The summed E-state index contributed by atoms with van der Waals surface area (Å²) in [6.07, 6.45) is 1.76. The van der Waals surface area contributed by atoms with E-state index in [1.165, 1.54) is 0 Å². The normalized spacial score (nSPS) is 7.57. The van der Waals surface area contributed by atoms with Gasteiger partial charge in [-0.1, -0.05) is 0 Å². The predicted molar refractivity (Wildman–Crippen MR) is 40.1 cm³/mol. The minimum absolute atomic E-state index is 0. The highest BCUT2D eigenvalue weighted by atomic mass is 79.9. The predicted octanol–water partition coefficient (Wildman–Crippen LogP) is 2.48. The van der Waals surface area contributed by atoms with Crippen molar-refractivity contribution in [3.8, 4) is 0 Å². The zero-order valence-electron chi connectivity index (χ0n) is 3.30. The molecule has 0 atom stereocenters. The number of rotatable bonds is 0. The number of hydrogen-bond donors (Lipinski definition) is 0. The zero-order chi connectivity index (χ0) is 4.41. The Hall–Kier alpha value is 0.590. The summed E-state index contributed by atoms with van der Waals surface area (Å²) in [4.78, 5) is 3.85. The maximum atomic E-state index is 3.85. The van der Waals surface area contributed by atoms with Gasteiger partial charge in [-0.15, -0.1) is 28.3 Å². The molecule has 1 heterocycles. The van der Waals surface area contributed by atoms with Crippen LogP contribution in [0, 0.1) is 0 Å². The summed E-state index contributed by atoms with van der Waals surface area (Å²) < 4.78 is 0.947. The van der Waals surface area contributed by atoms with Gasteiger partial charge in [-0.3, -0.25) is 0 Å². The average molecular weight is 245 g/mol. The molecule has 0 saturated carbocycles. The topological polar surface area (TPSA) is 12.9 Å². The molecule has 0 radical (unpaired) electrons. The van der Waals surface area contributed by atoms with Crippen molar-refractivity contribution in [2.24, 2.45) is 0 Å². The third-order valence-electron chi connectivity index (χ3n) is 0.402. The fraction of sp³-hybridized carbons (Fsp3) is 0. The largest absolute Gasteiger partial charge is 0.238 e. The second-order valence-corrected chi connectivity index (χ2v) is 2.96. The van der Waals surface area contributed by atoms with Gasteiger partial charge >= 0.3 is 0 Å². The molecular weight excluding hydrogens is 242 g/mol. The third kappa shape index (κ3) is 2.41. The van der Waals surface area contributed by atoms with E-state index in [1.54, 1.807) is 17.5 Å².